The number of nitrogens with one attached hydrogen (secondary N) is 1. The minimum Gasteiger partial charge on any atom is -0.444 e. The van der Waals surface area contributed by atoms with Crippen LogP contribution in [0, 0.1) is 0 Å². The van der Waals surface area contributed by atoms with E-state index in [0.717, 1.165) is 30.4 Å². The maximum Gasteiger partial charge on any atom is 0.407 e. The summed E-state index contributed by atoms with van der Waals surface area (Å²) in [5.41, 5.74) is 4.32. The second-order valence-electron chi connectivity index (χ2n) is 9.88. The molecular formula is C23H31N3O4S. The van der Waals surface area contributed by atoms with Crippen LogP contribution in [-0.2, 0) is 26.4 Å². The van der Waals surface area contributed by atoms with Crippen LogP contribution in [0.1, 0.15) is 50.3 Å². The van der Waals surface area contributed by atoms with Crippen LogP contribution in [0.15, 0.2) is 29.4 Å². The fourth-order valence-electron chi connectivity index (χ4n) is 4.51. The van der Waals surface area contributed by atoms with Crippen LogP contribution in [0.3, 0.4) is 0 Å². The van der Waals surface area contributed by atoms with Crippen molar-refractivity contribution >= 4 is 27.7 Å². The lowest BCUT2D eigenvalue weighted by atomic mass is 9.93. The van der Waals surface area contributed by atoms with Gasteiger partial charge in [0, 0.05) is 17.7 Å². The van der Waals surface area contributed by atoms with Crippen LogP contribution in [-0.4, -0.2) is 62.5 Å². The first-order valence-corrected chi connectivity index (χ1v) is 12.8. The van der Waals surface area contributed by atoms with Gasteiger partial charge in [0.05, 0.1) is 25.1 Å². The predicted molar refractivity (Wildman–Crippen MR) is 122 cm³/mol. The van der Waals surface area contributed by atoms with Gasteiger partial charge in [0.1, 0.15) is 15.4 Å². The molecule has 0 radical (unpaired) electrons. The number of rotatable bonds is 5. The van der Waals surface area contributed by atoms with Gasteiger partial charge in [0.2, 0.25) is 0 Å². The number of hydrogen-bond acceptors (Lipinski definition) is 6. The average molecular weight is 446 g/mol. The molecule has 0 bridgehead atoms. The molecule has 1 aliphatic heterocycles. The van der Waals surface area contributed by atoms with Crippen LogP contribution < -0.4 is 5.32 Å². The first-order valence-electron chi connectivity index (χ1n) is 10.8. The van der Waals surface area contributed by atoms with Crippen molar-refractivity contribution in [2.75, 3.05) is 25.1 Å². The zero-order valence-corrected chi connectivity index (χ0v) is 19.5. The number of ether oxygens (including phenoxy) is 1. The Kier molecular flexibility index (Phi) is 5.40. The number of amides is 1. The summed E-state index contributed by atoms with van der Waals surface area (Å²) in [6.45, 7) is 6.59. The largest absolute Gasteiger partial charge is 0.444 e. The Hall–Kier alpha value is -2.35. The van der Waals surface area contributed by atoms with Crippen molar-refractivity contribution in [2.24, 2.45) is 5.10 Å². The molecule has 168 valence electrons. The zero-order chi connectivity index (χ0) is 22.4. The Labute approximate surface area is 184 Å². The molecule has 2 atom stereocenters. The summed E-state index contributed by atoms with van der Waals surface area (Å²) in [7, 11) is -3.00. The van der Waals surface area contributed by atoms with E-state index in [0.29, 0.717) is 13.1 Å². The first kappa shape index (κ1) is 21.9. The molecule has 1 aromatic carbocycles. The van der Waals surface area contributed by atoms with Gasteiger partial charge in [-0.3, -0.25) is 5.01 Å². The minimum atomic E-state index is -3.00. The third-order valence-electron chi connectivity index (χ3n) is 6.19. The number of sulfone groups is 1. The Bertz CT molecular complexity index is 1060. The SMILES string of the molecule is CC(C)(C)OC(=O)NC1CC12CCc1ccc(C3=CCN(CCS(C)(=O)=O)N=C3)cc12. The van der Waals surface area contributed by atoms with Crippen LogP contribution in [0.5, 0.6) is 0 Å². The fourth-order valence-corrected chi connectivity index (χ4v) is 5.05. The number of alkyl carbamates (subject to hydrolysis) is 1. The topological polar surface area (TPSA) is 88.1 Å². The second-order valence-corrected chi connectivity index (χ2v) is 12.1. The van der Waals surface area contributed by atoms with Gasteiger partial charge >= 0.3 is 6.09 Å². The molecule has 1 N–H and O–H groups in total. The van der Waals surface area contributed by atoms with Gasteiger partial charge in [0.15, 0.2) is 0 Å². The fraction of sp³-hybridized carbons (Fsp3) is 0.565. The molecule has 1 spiro atoms. The highest BCUT2D eigenvalue weighted by Gasteiger charge is 2.59. The molecule has 8 heteroatoms. The molecule has 7 nitrogen and oxygen atoms in total. The Morgan fingerprint density at radius 1 is 1.35 bits per heavy atom. The van der Waals surface area contributed by atoms with Gasteiger partial charge in [-0.2, -0.15) is 5.10 Å². The van der Waals surface area contributed by atoms with Crippen molar-refractivity contribution in [1.29, 1.82) is 0 Å². The van der Waals surface area contributed by atoms with Gasteiger partial charge in [0.25, 0.3) is 0 Å². The zero-order valence-electron chi connectivity index (χ0n) is 18.6. The monoisotopic (exact) mass is 445 g/mol. The highest BCUT2D eigenvalue weighted by atomic mass is 32.2. The van der Waals surface area contributed by atoms with Crippen LogP contribution in [0.2, 0.25) is 0 Å². The molecule has 0 saturated heterocycles. The normalized spacial score (nSPS) is 24.7. The maximum absolute atomic E-state index is 12.2. The highest BCUT2D eigenvalue weighted by Crippen LogP contribution is 2.57. The standard InChI is InChI=1S/C23H31N3O4S/c1-22(2,3)30-21(27)25-20-14-23(20)9-7-16-5-6-17(13-19(16)23)18-8-10-26(24-15-18)11-12-31(4,28)29/h5-6,8,13,15,20H,7,9-12,14H2,1-4H3,(H,25,27). The summed E-state index contributed by atoms with van der Waals surface area (Å²) < 4.78 is 28.2. The van der Waals surface area contributed by atoms with Crippen molar-refractivity contribution in [3.8, 4) is 0 Å². The molecule has 31 heavy (non-hydrogen) atoms. The molecular weight excluding hydrogens is 414 g/mol. The third-order valence-corrected chi connectivity index (χ3v) is 7.11. The Morgan fingerprint density at radius 2 is 2.13 bits per heavy atom. The Balaban J connectivity index is 1.44. The minimum absolute atomic E-state index is 0.0101. The predicted octanol–water partition coefficient (Wildman–Crippen LogP) is 2.90. The van der Waals surface area contributed by atoms with Gasteiger partial charge < -0.3 is 10.1 Å². The summed E-state index contributed by atoms with van der Waals surface area (Å²) in [5, 5.41) is 9.25. The van der Waals surface area contributed by atoms with E-state index in [1.165, 1.54) is 17.4 Å². The lowest BCUT2D eigenvalue weighted by molar-refractivity contribution is 0.0519. The number of hydrogen-bond donors (Lipinski definition) is 1. The average Bonchev–Trinajstić information content (AvgIpc) is 3.22. The van der Waals surface area contributed by atoms with E-state index in [4.69, 9.17) is 4.74 Å². The first-order chi connectivity index (χ1) is 14.5. The molecule has 4 rings (SSSR count). The molecule has 0 aromatic heterocycles. The summed E-state index contributed by atoms with van der Waals surface area (Å²) in [4.78, 5) is 12.2. The van der Waals surface area contributed by atoms with Crippen LogP contribution in [0.4, 0.5) is 4.79 Å². The number of carbonyl (C=O) groups is 1. The highest BCUT2D eigenvalue weighted by molar-refractivity contribution is 7.90. The molecule has 2 unspecified atom stereocenters. The molecule has 1 saturated carbocycles. The lowest BCUT2D eigenvalue weighted by Gasteiger charge is -2.22. The number of carbonyl (C=O) groups excluding carboxylic acids is 1. The number of hydrazone groups is 1. The van der Waals surface area contributed by atoms with E-state index in [9.17, 15) is 13.2 Å². The third kappa shape index (κ3) is 4.95. The molecule has 3 aliphatic rings. The van der Waals surface area contributed by atoms with Crippen molar-refractivity contribution < 1.29 is 17.9 Å². The summed E-state index contributed by atoms with van der Waals surface area (Å²) in [5.74, 6) is 0.0981. The van der Waals surface area contributed by atoms with E-state index < -0.39 is 15.4 Å². The number of benzene rings is 1. The van der Waals surface area contributed by atoms with Crippen molar-refractivity contribution in [1.82, 2.24) is 10.3 Å². The summed E-state index contributed by atoms with van der Waals surface area (Å²) in [6.07, 6.45) is 7.78. The smallest absolute Gasteiger partial charge is 0.407 e. The molecule has 2 aliphatic carbocycles. The van der Waals surface area contributed by atoms with Crippen LogP contribution in [0.25, 0.3) is 5.57 Å². The van der Waals surface area contributed by atoms with E-state index >= 15 is 0 Å². The van der Waals surface area contributed by atoms with E-state index in [1.807, 2.05) is 20.8 Å². The summed E-state index contributed by atoms with van der Waals surface area (Å²) in [6, 6.07) is 6.66. The summed E-state index contributed by atoms with van der Waals surface area (Å²) >= 11 is 0. The molecule has 1 amide bonds. The second kappa shape index (κ2) is 7.65. The maximum atomic E-state index is 12.2. The van der Waals surface area contributed by atoms with Gasteiger partial charge in [-0.15, -0.1) is 0 Å². The van der Waals surface area contributed by atoms with Crippen molar-refractivity contribution in [3.63, 3.8) is 0 Å². The quantitative estimate of drug-likeness (QED) is 0.753. The van der Waals surface area contributed by atoms with E-state index in [2.05, 4.69) is 34.7 Å². The van der Waals surface area contributed by atoms with E-state index in [-0.39, 0.29) is 23.3 Å². The molecule has 1 heterocycles. The number of allylic oxidation sites excluding steroid dienone is 1. The van der Waals surface area contributed by atoms with Gasteiger partial charge in [-0.05, 0) is 62.3 Å². The van der Waals surface area contributed by atoms with Gasteiger partial charge in [-0.1, -0.05) is 24.3 Å². The van der Waals surface area contributed by atoms with Crippen LogP contribution >= 0.6 is 0 Å². The lowest BCUT2D eigenvalue weighted by Crippen LogP contribution is -2.36. The van der Waals surface area contributed by atoms with Crippen molar-refractivity contribution in [3.05, 3.63) is 41.0 Å². The number of aryl methyl sites for hydroxylation is 1. The Morgan fingerprint density at radius 3 is 2.77 bits per heavy atom. The number of nitrogens with zero attached hydrogens (tertiary/aromatic N) is 2. The molecule has 1 fully saturated rings. The van der Waals surface area contributed by atoms with Gasteiger partial charge in [-0.25, -0.2) is 13.2 Å². The number of fused-ring (bicyclic) bond motifs is 2. The van der Waals surface area contributed by atoms with E-state index in [1.54, 1.807) is 11.2 Å². The van der Waals surface area contributed by atoms with Crippen molar-refractivity contribution in [2.45, 2.75) is 57.1 Å². The molecule has 1 aromatic rings.